The summed E-state index contributed by atoms with van der Waals surface area (Å²) in [7, 11) is -3.20. The van der Waals surface area contributed by atoms with Crippen LogP contribution >= 0.6 is 0 Å². The monoisotopic (exact) mass is 333 g/mol. The first-order chi connectivity index (χ1) is 10.4. The SMILES string of the molecule is CS(=O)(=O)N1CC(C(=O)N2C[C@@H](O)[C@H](N3CCOCC3)C2)C1. The Morgan fingerprint density at radius 2 is 1.77 bits per heavy atom. The van der Waals surface area contributed by atoms with E-state index in [0.29, 0.717) is 26.3 Å². The summed E-state index contributed by atoms with van der Waals surface area (Å²) >= 11 is 0. The summed E-state index contributed by atoms with van der Waals surface area (Å²) in [5.41, 5.74) is 0. The molecule has 0 aromatic heterocycles. The Bertz CT molecular complexity index is 528. The highest BCUT2D eigenvalue weighted by molar-refractivity contribution is 7.88. The molecule has 0 aromatic carbocycles. The van der Waals surface area contributed by atoms with Gasteiger partial charge in [0.25, 0.3) is 0 Å². The molecule has 3 rings (SSSR count). The van der Waals surface area contributed by atoms with Crippen molar-refractivity contribution in [2.75, 3.05) is 58.7 Å². The van der Waals surface area contributed by atoms with Gasteiger partial charge in [-0.05, 0) is 0 Å². The molecule has 1 amide bonds. The predicted octanol–water partition coefficient (Wildman–Crippen LogP) is -2.22. The van der Waals surface area contributed by atoms with Crippen LogP contribution in [0.25, 0.3) is 0 Å². The number of rotatable bonds is 3. The van der Waals surface area contributed by atoms with Gasteiger partial charge in [0.15, 0.2) is 0 Å². The van der Waals surface area contributed by atoms with Crippen molar-refractivity contribution >= 4 is 15.9 Å². The Hall–Kier alpha value is -0.740. The third-order valence-electron chi connectivity index (χ3n) is 4.75. The van der Waals surface area contributed by atoms with Crippen molar-refractivity contribution in [3.63, 3.8) is 0 Å². The van der Waals surface area contributed by atoms with E-state index in [2.05, 4.69) is 4.90 Å². The molecule has 126 valence electrons. The van der Waals surface area contributed by atoms with Crippen molar-refractivity contribution in [2.24, 2.45) is 5.92 Å². The summed E-state index contributed by atoms with van der Waals surface area (Å²) in [6, 6.07) is -0.0427. The van der Waals surface area contributed by atoms with Crippen LogP contribution in [0.15, 0.2) is 0 Å². The lowest BCUT2D eigenvalue weighted by Crippen LogP contribution is -2.56. The Morgan fingerprint density at radius 3 is 2.36 bits per heavy atom. The van der Waals surface area contributed by atoms with Crippen molar-refractivity contribution in [3.8, 4) is 0 Å². The lowest BCUT2D eigenvalue weighted by atomic mass is 10.0. The van der Waals surface area contributed by atoms with Crippen molar-refractivity contribution in [2.45, 2.75) is 12.1 Å². The molecule has 22 heavy (non-hydrogen) atoms. The first-order valence-electron chi connectivity index (χ1n) is 7.60. The van der Waals surface area contributed by atoms with Crippen LogP contribution in [-0.4, -0.2) is 104 Å². The Kier molecular flexibility index (Phi) is 4.43. The van der Waals surface area contributed by atoms with Crippen LogP contribution in [0.2, 0.25) is 0 Å². The third-order valence-corrected chi connectivity index (χ3v) is 5.99. The third kappa shape index (κ3) is 3.13. The molecule has 3 fully saturated rings. The van der Waals surface area contributed by atoms with Gasteiger partial charge in [0, 0.05) is 39.3 Å². The smallest absolute Gasteiger partial charge is 0.228 e. The molecular weight excluding hydrogens is 310 g/mol. The minimum atomic E-state index is -3.20. The van der Waals surface area contributed by atoms with Gasteiger partial charge in [-0.3, -0.25) is 9.69 Å². The van der Waals surface area contributed by atoms with Gasteiger partial charge in [0.05, 0.1) is 37.5 Å². The van der Waals surface area contributed by atoms with Crippen LogP contribution in [0.1, 0.15) is 0 Å². The second kappa shape index (κ2) is 6.04. The number of amides is 1. The van der Waals surface area contributed by atoms with Gasteiger partial charge in [-0.15, -0.1) is 0 Å². The second-order valence-corrected chi connectivity index (χ2v) is 8.29. The highest BCUT2D eigenvalue weighted by atomic mass is 32.2. The molecule has 0 saturated carbocycles. The molecule has 0 unspecified atom stereocenters. The fourth-order valence-corrected chi connectivity index (χ4v) is 4.24. The van der Waals surface area contributed by atoms with Crippen molar-refractivity contribution < 1.29 is 23.1 Å². The van der Waals surface area contributed by atoms with E-state index >= 15 is 0 Å². The summed E-state index contributed by atoms with van der Waals surface area (Å²) in [6.45, 7) is 4.21. The molecule has 0 spiro atoms. The van der Waals surface area contributed by atoms with Crippen LogP contribution in [0.5, 0.6) is 0 Å². The van der Waals surface area contributed by atoms with E-state index < -0.39 is 16.1 Å². The number of carbonyl (C=O) groups excluding carboxylic acids is 1. The maximum absolute atomic E-state index is 12.4. The molecule has 3 heterocycles. The first kappa shape index (κ1) is 16.1. The number of nitrogens with zero attached hydrogens (tertiary/aromatic N) is 3. The molecule has 9 heteroatoms. The summed E-state index contributed by atoms with van der Waals surface area (Å²) < 4.78 is 29.3. The topological polar surface area (TPSA) is 90.4 Å². The number of aliphatic hydroxyl groups is 1. The molecule has 8 nitrogen and oxygen atoms in total. The van der Waals surface area contributed by atoms with Gasteiger partial charge in [-0.1, -0.05) is 0 Å². The van der Waals surface area contributed by atoms with E-state index in [1.165, 1.54) is 4.31 Å². The van der Waals surface area contributed by atoms with Crippen LogP contribution < -0.4 is 0 Å². The summed E-state index contributed by atoms with van der Waals surface area (Å²) in [6.07, 6.45) is 0.607. The maximum atomic E-state index is 12.4. The molecule has 0 bridgehead atoms. The zero-order valence-electron chi connectivity index (χ0n) is 12.7. The number of sulfonamides is 1. The predicted molar refractivity (Wildman–Crippen MR) is 78.7 cm³/mol. The average molecular weight is 333 g/mol. The van der Waals surface area contributed by atoms with E-state index in [4.69, 9.17) is 4.74 Å². The lowest BCUT2D eigenvalue weighted by Gasteiger charge is -2.38. The van der Waals surface area contributed by atoms with Crippen molar-refractivity contribution in [1.82, 2.24) is 14.1 Å². The zero-order chi connectivity index (χ0) is 15.9. The maximum Gasteiger partial charge on any atom is 0.228 e. The number of carbonyl (C=O) groups is 1. The van der Waals surface area contributed by atoms with Crippen LogP contribution in [0.3, 0.4) is 0 Å². The molecule has 3 aliphatic heterocycles. The molecule has 0 aromatic rings. The van der Waals surface area contributed by atoms with Gasteiger partial charge < -0.3 is 14.7 Å². The van der Waals surface area contributed by atoms with E-state index in [1.807, 2.05) is 0 Å². The molecule has 0 radical (unpaired) electrons. The standard InChI is InChI=1S/C13H23N3O5S/c1-22(19,20)16-6-10(7-16)13(18)15-8-11(12(17)9-15)14-2-4-21-5-3-14/h10-12,17H,2-9H2,1H3/t11-,12-/m1/s1. The fraction of sp³-hybridized carbons (Fsp3) is 0.923. The van der Waals surface area contributed by atoms with Crippen LogP contribution in [0.4, 0.5) is 0 Å². The lowest BCUT2D eigenvalue weighted by molar-refractivity contribution is -0.138. The minimum absolute atomic E-state index is 0.0427. The Balaban J connectivity index is 1.54. The summed E-state index contributed by atoms with van der Waals surface area (Å²) in [4.78, 5) is 16.3. The highest BCUT2D eigenvalue weighted by Gasteiger charge is 2.44. The number of likely N-dealkylation sites (tertiary alicyclic amines) is 1. The average Bonchev–Trinajstić information content (AvgIpc) is 2.78. The number of β-amino-alcohol motifs (C(OH)–C–C–N with tert-alkyl or cyclic N) is 1. The van der Waals surface area contributed by atoms with Gasteiger partial charge >= 0.3 is 0 Å². The van der Waals surface area contributed by atoms with Crippen LogP contribution in [-0.2, 0) is 19.6 Å². The van der Waals surface area contributed by atoms with E-state index in [-0.39, 0.29) is 31.0 Å². The van der Waals surface area contributed by atoms with E-state index in [1.54, 1.807) is 4.90 Å². The number of morpholine rings is 1. The zero-order valence-corrected chi connectivity index (χ0v) is 13.5. The fourth-order valence-electron chi connectivity index (χ4n) is 3.34. The number of hydrogen-bond acceptors (Lipinski definition) is 6. The molecule has 0 aliphatic carbocycles. The van der Waals surface area contributed by atoms with Crippen molar-refractivity contribution in [3.05, 3.63) is 0 Å². The van der Waals surface area contributed by atoms with E-state index in [0.717, 1.165) is 19.3 Å². The van der Waals surface area contributed by atoms with Crippen molar-refractivity contribution in [1.29, 1.82) is 0 Å². The normalized spacial score (nSPS) is 32.2. The van der Waals surface area contributed by atoms with Gasteiger partial charge in [0.2, 0.25) is 15.9 Å². The molecule has 3 saturated heterocycles. The van der Waals surface area contributed by atoms with Crippen LogP contribution in [0, 0.1) is 5.92 Å². The Labute approximate surface area is 130 Å². The molecular formula is C13H23N3O5S. The largest absolute Gasteiger partial charge is 0.390 e. The number of aliphatic hydroxyl groups excluding tert-OH is 1. The van der Waals surface area contributed by atoms with Gasteiger partial charge in [-0.2, -0.15) is 0 Å². The van der Waals surface area contributed by atoms with E-state index in [9.17, 15) is 18.3 Å². The number of hydrogen-bond donors (Lipinski definition) is 1. The summed E-state index contributed by atoms with van der Waals surface area (Å²) in [5.74, 6) is -0.319. The molecule has 2 atom stereocenters. The summed E-state index contributed by atoms with van der Waals surface area (Å²) in [5, 5.41) is 10.2. The van der Waals surface area contributed by atoms with Gasteiger partial charge in [-0.25, -0.2) is 12.7 Å². The first-order valence-corrected chi connectivity index (χ1v) is 9.45. The number of ether oxygens (including phenoxy) is 1. The highest BCUT2D eigenvalue weighted by Crippen LogP contribution is 2.25. The molecule has 1 N–H and O–H groups in total. The second-order valence-electron chi connectivity index (χ2n) is 6.30. The quantitative estimate of drug-likeness (QED) is 0.629. The molecule has 3 aliphatic rings. The van der Waals surface area contributed by atoms with Gasteiger partial charge in [0.1, 0.15) is 0 Å². The minimum Gasteiger partial charge on any atom is -0.390 e. The Morgan fingerprint density at radius 1 is 1.14 bits per heavy atom.